The summed E-state index contributed by atoms with van der Waals surface area (Å²) >= 11 is 0. The molecule has 1 N–H and O–H groups in total. The van der Waals surface area contributed by atoms with Crippen molar-refractivity contribution in [3.05, 3.63) is 24.0 Å². The first-order valence-corrected chi connectivity index (χ1v) is 9.26. The van der Waals surface area contributed by atoms with Crippen molar-refractivity contribution < 1.29 is 14.3 Å². The zero-order valence-electron chi connectivity index (χ0n) is 14.5. The summed E-state index contributed by atoms with van der Waals surface area (Å²) in [5.41, 5.74) is 0.540. The normalized spacial score (nSPS) is 32.5. The number of amides is 1. The van der Waals surface area contributed by atoms with Crippen molar-refractivity contribution >= 4 is 5.91 Å². The zero-order chi connectivity index (χ0) is 17.1. The van der Waals surface area contributed by atoms with E-state index in [1.54, 1.807) is 6.07 Å². The first kappa shape index (κ1) is 16.9. The number of hydrogen-bond donors (Lipinski definition) is 1. The van der Waals surface area contributed by atoms with Crippen LogP contribution in [-0.4, -0.2) is 73.1 Å². The van der Waals surface area contributed by atoms with Crippen molar-refractivity contribution in [3.63, 3.8) is 0 Å². The van der Waals surface area contributed by atoms with Crippen LogP contribution in [0.15, 0.2) is 18.5 Å². The van der Waals surface area contributed by atoms with Crippen LogP contribution in [0.3, 0.4) is 0 Å². The van der Waals surface area contributed by atoms with Gasteiger partial charge in [0.05, 0.1) is 37.3 Å². The number of hydrogen-bond acceptors (Lipinski definition) is 6. The number of carbonyl (C=O) groups excluding carboxylic acids is 1. The van der Waals surface area contributed by atoms with Gasteiger partial charge in [-0.2, -0.15) is 10.2 Å². The molecule has 7 heteroatoms. The minimum Gasteiger partial charge on any atom is -0.381 e. The summed E-state index contributed by atoms with van der Waals surface area (Å²) in [7, 11) is 0. The smallest absolute Gasteiger partial charge is 0.253 e. The Bertz CT molecular complexity index is 579. The molecule has 4 atom stereocenters. The topological polar surface area (TPSA) is 76.6 Å². The Kier molecular flexibility index (Phi) is 5.24. The van der Waals surface area contributed by atoms with E-state index in [1.807, 2.05) is 0 Å². The van der Waals surface area contributed by atoms with Crippen LogP contribution in [0.5, 0.6) is 0 Å². The lowest BCUT2D eigenvalue weighted by molar-refractivity contribution is 0.0735. The lowest BCUT2D eigenvalue weighted by Gasteiger charge is -2.36. The van der Waals surface area contributed by atoms with Gasteiger partial charge in [-0.05, 0) is 37.3 Å². The Labute approximate surface area is 148 Å². The molecule has 3 aliphatic heterocycles. The minimum atomic E-state index is -0.111. The molecule has 1 unspecified atom stereocenters. The molecule has 3 saturated heterocycles. The number of nitrogens with zero attached hydrogens (tertiary/aromatic N) is 3. The van der Waals surface area contributed by atoms with Gasteiger partial charge in [0.25, 0.3) is 5.91 Å². The van der Waals surface area contributed by atoms with Crippen molar-refractivity contribution in [3.8, 4) is 0 Å². The average Bonchev–Trinajstić information content (AvgIpc) is 3.30. The maximum Gasteiger partial charge on any atom is 0.253 e. The molecule has 3 fully saturated rings. The second-order valence-electron chi connectivity index (χ2n) is 7.41. The molecule has 7 nitrogen and oxygen atoms in total. The van der Waals surface area contributed by atoms with E-state index < -0.39 is 0 Å². The number of fused-ring (bicyclic) bond motifs is 1. The third-order valence-corrected chi connectivity index (χ3v) is 5.73. The van der Waals surface area contributed by atoms with Crippen LogP contribution < -0.4 is 5.32 Å². The van der Waals surface area contributed by atoms with E-state index >= 15 is 0 Å². The third kappa shape index (κ3) is 3.99. The second kappa shape index (κ2) is 7.76. The van der Waals surface area contributed by atoms with Gasteiger partial charge in [-0.15, -0.1) is 0 Å². The fourth-order valence-electron chi connectivity index (χ4n) is 4.35. The van der Waals surface area contributed by atoms with Gasteiger partial charge in [0.15, 0.2) is 0 Å². The quantitative estimate of drug-likeness (QED) is 0.840. The number of nitrogens with one attached hydrogen (secondary N) is 1. The van der Waals surface area contributed by atoms with E-state index in [0.29, 0.717) is 29.9 Å². The summed E-state index contributed by atoms with van der Waals surface area (Å²) in [5, 5.41) is 10.4. The predicted molar refractivity (Wildman–Crippen MR) is 91.1 cm³/mol. The summed E-state index contributed by atoms with van der Waals surface area (Å²) in [6, 6.07) is 1.67. The lowest BCUT2D eigenvalue weighted by atomic mass is 9.84. The van der Waals surface area contributed by atoms with Gasteiger partial charge in [-0.25, -0.2) is 0 Å². The number of piperidine rings is 1. The maximum absolute atomic E-state index is 12.2. The van der Waals surface area contributed by atoms with Crippen molar-refractivity contribution in [1.82, 2.24) is 20.4 Å². The lowest BCUT2D eigenvalue weighted by Crippen LogP contribution is -2.45. The minimum absolute atomic E-state index is 0.111. The Morgan fingerprint density at radius 2 is 2.28 bits per heavy atom. The van der Waals surface area contributed by atoms with Gasteiger partial charge in [0.1, 0.15) is 0 Å². The highest BCUT2D eigenvalue weighted by atomic mass is 16.5. The number of aromatic nitrogens is 2. The molecule has 0 aliphatic carbocycles. The number of ether oxygens (including phenoxy) is 2. The van der Waals surface area contributed by atoms with E-state index in [9.17, 15) is 4.79 Å². The third-order valence-electron chi connectivity index (χ3n) is 5.73. The molecule has 4 rings (SSSR count). The Morgan fingerprint density at radius 1 is 1.32 bits per heavy atom. The van der Waals surface area contributed by atoms with Gasteiger partial charge in [-0.1, -0.05) is 0 Å². The van der Waals surface area contributed by atoms with Crippen LogP contribution in [0.2, 0.25) is 0 Å². The average molecular weight is 346 g/mol. The molecule has 0 radical (unpaired) electrons. The molecular formula is C18H26N4O3. The van der Waals surface area contributed by atoms with Gasteiger partial charge in [0.2, 0.25) is 0 Å². The molecule has 0 aromatic carbocycles. The number of likely N-dealkylation sites (tertiary alicyclic amines) is 1. The fraction of sp³-hybridized carbons (Fsp3) is 0.722. The van der Waals surface area contributed by atoms with Crippen molar-refractivity contribution in [2.75, 3.05) is 46.0 Å². The molecule has 4 heterocycles. The van der Waals surface area contributed by atoms with E-state index in [4.69, 9.17) is 9.47 Å². The van der Waals surface area contributed by atoms with Gasteiger partial charge >= 0.3 is 0 Å². The van der Waals surface area contributed by atoms with Gasteiger partial charge < -0.3 is 19.7 Å². The Hall–Kier alpha value is -1.57. The Morgan fingerprint density at radius 3 is 3.08 bits per heavy atom. The van der Waals surface area contributed by atoms with E-state index in [1.165, 1.54) is 18.8 Å². The van der Waals surface area contributed by atoms with Crippen LogP contribution in [0.4, 0.5) is 0 Å². The van der Waals surface area contributed by atoms with E-state index in [0.717, 1.165) is 45.9 Å². The predicted octanol–water partition coefficient (Wildman–Crippen LogP) is 0.580. The van der Waals surface area contributed by atoms with Gasteiger partial charge in [0, 0.05) is 32.2 Å². The monoisotopic (exact) mass is 346 g/mol. The van der Waals surface area contributed by atoms with E-state index in [-0.39, 0.29) is 12.0 Å². The molecule has 1 amide bonds. The molecule has 0 saturated carbocycles. The van der Waals surface area contributed by atoms with Crippen molar-refractivity contribution in [1.29, 1.82) is 0 Å². The highest BCUT2D eigenvalue weighted by molar-refractivity contribution is 5.93. The van der Waals surface area contributed by atoms with Crippen molar-refractivity contribution in [2.24, 2.45) is 17.8 Å². The summed E-state index contributed by atoms with van der Waals surface area (Å²) in [6.45, 7) is 6.60. The van der Waals surface area contributed by atoms with Crippen LogP contribution in [0.1, 0.15) is 23.2 Å². The standard InChI is InChI=1S/C18H26N4O3/c23-18(14-1-4-20-21-7-14)19-8-17-16-2-5-22(10-15(16)12-25-17)9-13-3-6-24-11-13/h1,4,7,13,15-17H,2-3,5-6,8-12H2,(H,19,23)/t13?,15-,16-,17+/m1/s1. The second-order valence-corrected chi connectivity index (χ2v) is 7.41. The zero-order valence-corrected chi connectivity index (χ0v) is 14.5. The molecule has 0 bridgehead atoms. The maximum atomic E-state index is 12.2. The first-order chi connectivity index (χ1) is 12.3. The van der Waals surface area contributed by atoms with Crippen LogP contribution >= 0.6 is 0 Å². The largest absolute Gasteiger partial charge is 0.381 e. The SMILES string of the molecule is O=C(NC[C@@H]1OC[C@H]2CN(CC3CCOC3)CC[C@H]21)c1ccnnc1. The van der Waals surface area contributed by atoms with Crippen LogP contribution in [-0.2, 0) is 9.47 Å². The number of carbonyl (C=O) groups is 1. The molecular weight excluding hydrogens is 320 g/mol. The molecule has 3 aliphatic rings. The summed E-state index contributed by atoms with van der Waals surface area (Å²) in [6.07, 6.45) is 5.48. The summed E-state index contributed by atoms with van der Waals surface area (Å²) < 4.78 is 11.5. The molecule has 0 spiro atoms. The Balaban J connectivity index is 1.25. The molecule has 1 aromatic heterocycles. The van der Waals surface area contributed by atoms with Crippen LogP contribution in [0, 0.1) is 17.8 Å². The van der Waals surface area contributed by atoms with Crippen LogP contribution in [0.25, 0.3) is 0 Å². The molecule has 1 aromatic rings. The number of rotatable bonds is 5. The highest BCUT2D eigenvalue weighted by Crippen LogP contribution is 2.34. The molecule has 136 valence electrons. The first-order valence-electron chi connectivity index (χ1n) is 9.26. The fourth-order valence-corrected chi connectivity index (χ4v) is 4.35. The van der Waals surface area contributed by atoms with E-state index in [2.05, 4.69) is 20.4 Å². The molecule has 25 heavy (non-hydrogen) atoms. The highest BCUT2D eigenvalue weighted by Gasteiger charge is 2.41. The summed E-state index contributed by atoms with van der Waals surface area (Å²) in [4.78, 5) is 14.7. The van der Waals surface area contributed by atoms with Gasteiger partial charge in [-0.3, -0.25) is 4.79 Å². The van der Waals surface area contributed by atoms with Crippen molar-refractivity contribution in [2.45, 2.75) is 18.9 Å². The summed E-state index contributed by atoms with van der Waals surface area (Å²) in [5.74, 6) is 1.72.